The molecule has 1 N–H and O–H groups in total. The molecule has 4 heteroatoms. The number of likely N-dealkylation sites (tertiary alicyclic amines) is 1. The summed E-state index contributed by atoms with van der Waals surface area (Å²) in [4.78, 5) is 14.8. The average Bonchev–Trinajstić information content (AvgIpc) is 2.91. The van der Waals surface area contributed by atoms with Gasteiger partial charge in [0.1, 0.15) is 0 Å². The maximum atomic E-state index is 12.5. The topological polar surface area (TPSA) is 32.3 Å². The summed E-state index contributed by atoms with van der Waals surface area (Å²) in [7, 11) is 0. The third-order valence-corrected chi connectivity index (χ3v) is 4.49. The van der Waals surface area contributed by atoms with E-state index in [1.54, 1.807) is 0 Å². The Balaban J connectivity index is 1.98. The number of nitrogens with one attached hydrogen (secondary N) is 1. The van der Waals surface area contributed by atoms with E-state index in [2.05, 4.69) is 10.2 Å². The van der Waals surface area contributed by atoms with Crippen LogP contribution in [0.2, 0.25) is 5.02 Å². The molecular formula is C17H25ClN2O. The van der Waals surface area contributed by atoms with E-state index >= 15 is 0 Å². The van der Waals surface area contributed by atoms with Crippen LogP contribution in [-0.2, 0) is 10.3 Å². The van der Waals surface area contributed by atoms with Crippen LogP contribution in [0.1, 0.15) is 39.2 Å². The molecule has 1 aromatic carbocycles. The molecule has 21 heavy (non-hydrogen) atoms. The molecule has 1 unspecified atom stereocenters. The van der Waals surface area contributed by atoms with E-state index in [9.17, 15) is 4.79 Å². The monoisotopic (exact) mass is 308 g/mol. The Hall–Kier alpha value is -1.06. The van der Waals surface area contributed by atoms with E-state index in [-0.39, 0.29) is 11.8 Å². The van der Waals surface area contributed by atoms with Crippen molar-refractivity contribution in [2.75, 3.05) is 19.6 Å². The first kappa shape index (κ1) is 16.3. The lowest BCUT2D eigenvalue weighted by Gasteiger charge is -2.30. The molecule has 1 amide bonds. The summed E-state index contributed by atoms with van der Waals surface area (Å²) in [6.07, 6.45) is 2.50. The number of carbonyl (C=O) groups excluding carboxylic acids is 1. The minimum absolute atomic E-state index is 0.00939. The SMILES string of the molecule is CC(CN1CCCC1)C(=O)NC(C)(C)c1ccccc1Cl. The van der Waals surface area contributed by atoms with Crippen molar-refractivity contribution in [1.82, 2.24) is 10.2 Å². The van der Waals surface area contributed by atoms with Gasteiger partial charge in [-0.3, -0.25) is 4.79 Å². The van der Waals surface area contributed by atoms with Gasteiger partial charge in [-0.15, -0.1) is 0 Å². The molecule has 0 bridgehead atoms. The van der Waals surface area contributed by atoms with Crippen molar-refractivity contribution in [2.45, 2.75) is 39.2 Å². The molecule has 116 valence electrons. The van der Waals surface area contributed by atoms with E-state index in [1.807, 2.05) is 45.0 Å². The van der Waals surface area contributed by atoms with Crippen molar-refractivity contribution in [1.29, 1.82) is 0 Å². The number of hydrogen-bond acceptors (Lipinski definition) is 2. The Morgan fingerprint density at radius 2 is 1.95 bits per heavy atom. The molecule has 1 aromatic rings. The Bertz CT molecular complexity index is 495. The van der Waals surface area contributed by atoms with Gasteiger partial charge in [-0.05, 0) is 51.4 Å². The molecule has 1 atom stereocenters. The van der Waals surface area contributed by atoms with Crippen molar-refractivity contribution in [2.24, 2.45) is 5.92 Å². The van der Waals surface area contributed by atoms with Gasteiger partial charge in [0.2, 0.25) is 5.91 Å². The van der Waals surface area contributed by atoms with Gasteiger partial charge in [-0.1, -0.05) is 36.7 Å². The molecule has 0 aromatic heterocycles. The highest BCUT2D eigenvalue weighted by molar-refractivity contribution is 6.31. The smallest absolute Gasteiger partial charge is 0.224 e. The number of halogens is 1. The Kier molecular flexibility index (Phi) is 5.28. The third-order valence-electron chi connectivity index (χ3n) is 4.16. The van der Waals surface area contributed by atoms with Crippen LogP contribution < -0.4 is 5.32 Å². The fourth-order valence-electron chi connectivity index (χ4n) is 2.90. The summed E-state index contributed by atoms with van der Waals surface area (Å²) < 4.78 is 0. The van der Waals surface area contributed by atoms with Crippen LogP contribution in [0.25, 0.3) is 0 Å². The zero-order valence-electron chi connectivity index (χ0n) is 13.2. The van der Waals surface area contributed by atoms with Crippen LogP contribution in [0.3, 0.4) is 0 Å². The first-order valence-corrected chi connectivity index (χ1v) is 8.07. The summed E-state index contributed by atoms with van der Waals surface area (Å²) in [5.41, 5.74) is 0.489. The lowest BCUT2D eigenvalue weighted by molar-refractivity contribution is -0.126. The molecular weight excluding hydrogens is 284 g/mol. The molecule has 0 radical (unpaired) electrons. The van der Waals surface area contributed by atoms with Crippen molar-refractivity contribution in [3.05, 3.63) is 34.9 Å². The number of nitrogens with zero attached hydrogens (tertiary/aromatic N) is 1. The van der Waals surface area contributed by atoms with Gasteiger partial charge >= 0.3 is 0 Å². The zero-order valence-corrected chi connectivity index (χ0v) is 13.9. The first-order valence-electron chi connectivity index (χ1n) is 7.69. The van der Waals surface area contributed by atoms with Crippen molar-refractivity contribution in [3.63, 3.8) is 0 Å². The highest BCUT2D eigenvalue weighted by atomic mass is 35.5. The van der Waals surface area contributed by atoms with Crippen LogP contribution in [0.4, 0.5) is 0 Å². The molecule has 0 spiro atoms. The van der Waals surface area contributed by atoms with E-state index in [0.29, 0.717) is 5.02 Å². The predicted molar refractivity (Wildman–Crippen MR) is 87.5 cm³/mol. The Morgan fingerprint density at radius 3 is 2.57 bits per heavy atom. The third kappa shape index (κ3) is 4.21. The first-order chi connectivity index (χ1) is 9.90. The lowest BCUT2D eigenvalue weighted by atomic mass is 9.93. The van der Waals surface area contributed by atoms with Gasteiger partial charge in [-0.2, -0.15) is 0 Å². The Morgan fingerprint density at radius 1 is 1.33 bits per heavy atom. The molecule has 1 heterocycles. The molecule has 3 nitrogen and oxygen atoms in total. The number of hydrogen-bond donors (Lipinski definition) is 1. The van der Waals surface area contributed by atoms with Gasteiger partial charge in [-0.25, -0.2) is 0 Å². The van der Waals surface area contributed by atoms with Crippen LogP contribution in [-0.4, -0.2) is 30.4 Å². The summed E-state index contributed by atoms with van der Waals surface area (Å²) >= 11 is 6.25. The maximum absolute atomic E-state index is 12.5. The molecule has 1 aliphatic rings. The quantitative estimate of drug-likeness (QED) is 0.904. The van der Waals surface area contributed by atoms with Crippen LogP contribution in [0, 0.1) is 5.92 Å². The number of rotatable bonds is 5. The minimum Gasteiger partial charge on any atom is -0.347 e. The van der Waals surface area contributed by atoms with E-state index in [0.717, 1.165) is 25.2 Å². The molecule has 0 saturated carbocycles. The van der Waals surface area contributed by atoms with E-state index < -0.39 is 5.54 Å². The van der Waals surface area contributed by atoms with Crippen LogP contribution in [0.5, 0.6) is 0 Å². The highest BCUT2D eigenvalue weighted by Gasteiger charge is 2.28. The molecule has 2 rings (SSSR count). The predicted octanol–water partition coefficient (Wildman–Crippen LogP) is 3.42. The summed E-state index contributed by atoms with van der Waals surface area (Å²) in [6, 6.07) is 7.68. The second-order valence-electron chi connectivity index (χ2n) is 6.50. The van der Waals surface area contributed by atoms with E-state index in [4.69, 9.17) is 11.6 Å². The lowest BCUT2D eigenvalue weighted by Crippen LogP contribution is -2.45. The van der Waals surface area contributed by atoms with Gasteiger partial charge in [0.05, 0.1) is 5.54 Å². The van der Waals surface area contributed by atoms with E-state index in [1.165, 1.54) is 12.8 Å². The minimum atomic E-state index is -0.464. The summed E-state index contributed by atoms with van der Waals surface area (Å²) in [5.74, 6) is 0.0803. The molecule has 1 fully saturated rings. The van der Waals surface area contributed by atoms with Gasteiger partial charge in [0, 0.05) is 17.5 Å². The molecule has 0 aliphatic carbocycles. The zero-order chi connectivity index (χ0) is 15.5. The fraction of sp³-hybridized carbons (Fsp3) is 0.588. The van der Waals surface area contributed by atoms with Crippen molar-refractivity contribution >= 4 is 17.5 Å². The summed E-state index contributed by atoms with van der Waals surface area (Å²) in [5, 5.41) is 3.83. The van der Waals surface area contributed by atoms with Crippen molar-refractivity contribution < 1.29 is 4.79 Å². The second-order valence-corrected chi connectivity index (χ2v) is 6.91. The standard InChI is InChI=1S/C17H25ClN2O/c1-13(12-20-10-6-7-11-20)16(21)19-17(2,3)14-8-4-5-9-15(14)18/h4-5,8-9,13H,6-7,10-12H2,1-3H3,(H,19,21). The fourth-order valence-corrected chi connectivity index (χ4v) is 3.27. The summed E-state index contributed by atoms with van der Waals surface area (Å²) in [6.45, 7) is 9.06. The maximum Gasteiger partial charge on any atom is 0.224 e. The van der Waals surface area contributed by atoms with Gasteiger partial charge in [0.25, 0.3) is 0 Å². The highest BCUT2D eigenvalue weighted by Crippen LogP contribution is 2.27. The number of amides is 1. The molecule has 1 saturated heterocycles. The number of benzene rings is 1. The van der Waals surface area contributed by atoms with Crippen molar-refractivity contribution in [3.8, 4) is 0 Å². The van der Waals surface area contributed by atoms with Crippen LogP contribution in [0.15, 0.2) is 24.3 Å². The number of carbonyl (C=O) groups is 1. The van der Waals surface area contributed by atoms with Gasteiger partial charge < -0.3 is 10.2 Å². The Labute approximate surface area is 132 Å². The largest absolute Gasteiger partial charge is 0.347 e. The molecule has 1 aliphatic heterocycles. The van der Waals surface area contributed by atoms with Gasteiger partial charge in [0.15, 0.2) is 0 Å². The second kappa shape index (κ2) is 6.80. The average molecular weight is 309 g/mol. The normalized spacial score (nSPS) is 17.7. The van der Waals surface area contributed by atoms with Crippen LogP contribution >= 0.6 is 11.6 Å².